The third kappa shape index (κ3) is 5.33. The lowest BCUT2D eigenvalue weighted by Crippen LogP contribution is -2.34. The average molecular weight is 366 g/mol. The van der Waals surface area contributed by atoms with Gasteiger partial charge in [-0.25, -0.2) is 0 Å². The summed E-state index contributed by atoms with van der Waals surface area (Å²) in [5.74, 6) is 0.616. The number of ether oxygens (including phenoxy) is 1. The number of hydrogen-bond donors (Lipinski definition) is 1. The molecule has 1 unspecified atom stereocenters. The SMILES string of the molecule is COc1ccc(CCN2CC(C(=O)NCCc3ccccc3)CC2=O)cc1. The zero-order valence-electron chi connectivity index (χ0n) is 15.7. The Morgan fingerprint density at radius 2 is 1.78 bits per heavy atom. The number of carbonyl (C=O) groups is 2. The van der Waals surface area contributed by atoms with Gasteiger partial charge in [-0.1, -0.05) is 42.5 Å². The number of nitrogens with zero attached hydrogens (tertiary/aromatic N) is 1. The fourth-order valence-corrected chi connectivity index (χ4v) is 3.34. The van der Waals surface area contributed by atoms with Gasteiger partial charge in [-0.3, -0.25) is 9.59 Å². The standard InChI is InChI=1S/C22H26N2O3/c1-27-20-9-7-18(8-10-20)12-14-24-16-19(15-21(24)25)22(26)23-13-11-17-5-3-2-4-6-17/h2-10,19H,11-16H2,1H3,(H,23,26). The summed E-state index contributed by atoms with van der Waals surface area (Å²) in [7, 11) is 1.64. The summed E-state index contributed by atoms with van der Waals surface area (Å²) >= 11 is 0. The molecule has 0 radical (unpaired) electrons. The smallest absolute Gasteiger partial charge is 0.225 e. The van der Waals surface area contributed by atoms with Crippen molar-refractivity contribution in [1.29, 1.82) is 0 Å². The summed E-state index contributed by atoms with van der Waals surface area (Å²) in [6.45, 7) is 1.74. The maximum Gasteiger partial charge on any atom is 0.225 e. The van der Waals surface area contributed by atoms with Crippen molar-refractivity contribution in [3.63, 3.8) is 0 Å². The molecule has 2 amide bonds. The quantitative estimate of drug-likeness (QED) is 0.781. The van der Waals surface area contributed by atoms with E-state index in [1.165, 1.54) is 5.56 Å². The fraction of sp³-hybridized carbons (Fsp3) is 0.364. The van der Waals surface area contributed by atoms with Gasteiger partial charge in [0.2, 0.25) is 11.8 Å². The van der Waals surface area contributed by atoms with E-state index >= 15 is 0 Å². The molecule has 0 saturated carbocycles. The predicted molar refractivity (Wildman–Crippen MR) is 105 cm³/mol. The highest BCUT2D eigenvalue weighted by atomic mass is 16.5. The van der Waals surface area contributed by atoms with Crippen molar-refractivity contribution in [2.45, 2.75) is 19.3 Å². The Kier molecular flexibility index (Phi) is 6.47. The topological polar surface area (TPSA) is 58.6 Å². The first kappa shape index (κ1) is 19.0. The summed E-state index contributed by atoms with van der Waals surface area (Å²) in [5.41, 5.74) is 2.35. The second-order valence-electron chi connectivity index (χ2n) is 6.87. The largest absolute Gasteiger partial charge is 0.497 e. The molecule has 2 aromatic carbocycles. The number of rotatable bonds is 8. The van der Waals surface area contributed by atoms with E-state index in [4.69, 9.17) is 4.74 Å². The van der Waals surface area contributed by atoms with Crippen LogP contribution in [0.5, 0.6) is 5.75 Å². The van der Waals surface area contributed by atoms with Crippen LogP contribution in [0.1, 0.15) is 17.5 Å². The summed E-state index contributed by atoms with van der Waals surface area (Å²) in [6.07, 6.45) is 1.88. The van der Waals surface area contributed by atoms with Crippen molar-refractivity contribution >= 4 is 11.8 Å². The van der Waals surface area contributed by atoms with Gasteiger partial charge in [-0.15, -0.1) is 0 Å². The Labute approximate surface area is 160 Å². The third-order valence-corrected chi connectivity index (χ3v) is 4.97. The molecule has 27 heavy (non-hydrogen) atoms. The summed E-state index contributed by atoms with van der Waals surface area (Å²) < 4.78 is 5.16. The Bertz CT molecular complexity index is 759. The predicted octanol–water partition coefficient (Wildman–Crippen LogP) is 2.45. The van der Waals surface area contributed by atoms with Crippen LogP contribution in [0, 0.1) is 5.92 Å². The summed E-state index contributed by atoms with van der Waals surface area (Å²) in [6, 6.07) is 17.9. The molecule has 5 nitrogen and oxygen atoms in total. The van der Waals surface area contributed by atoms with Gasteiger partial charge in [-0.2, -0.15) is 0 Å². The summed E-state index contributed by atoms with van der Waals surface area (Å²) in [5, 5.41) is 2.97. The maximum atomic E-state index is 12.4. The van der Waals surface area contributed by atoms with E-state index in [0.29, 0.717) is 26.1 Å². The van der Waals surface area contributed by atoms with Crippen LogP contribution in [-0.2, 0) is 22.4 Å². The average Bonchev–Trinajstić information content (AvgIpc) is 3.08. The molecule has 1 aliphatic heterocycles. The van der Waals surface area contributed by atoms with Crippen LogP contribution in [0.2, 0.25) is 0 Å². The molecule has 2 aromatic rings. The number of hydrogen-bond acceptors (Lipinski definition) is 3. The second-order valence-corrected chi connectivity index (χ2v) is 6.87. The number of methoxy groups -OCH3 is 1. The first-order valence-corrected chi connectivity index (χ1v) is 9.38. The number of benzene rings is 2. The third-order valence-electron chi connectivity index (χ3n) is 4.97. The van der Waals surface area contributed by atoms with E-state index in [-0.39, 0.29) is 17.7 Å². The number of likely N-dealkylation sites (tertiary alicyclic amines) is 1. The van der Waals surface area contributed by atoms with Crippen LogP contribution in [0.15, 0.2) is 54.6 Å². The molecule has 1 fully saturated rings. The van der Waals surface area contributed by atoms with Crippen molar-refractivity contribution in [3.05, 3.63) is 65.7 Å². The van der Waals surface area contributed by atoms with Gasteiger partial charge in [-0.05, 0) is 36.1 Å². The second kappa shape index (κ2) is 9.21. The molecule has 1 aliphatic rings. The summed E-state index contributed by atoms with van der Waals surface area (Å²) in [4.78, 5) is 26.4. The van der Waals surface area contributed by atoms with E-state index in [9.17, 15) is 9.59 Å². The highest BCUT2D eigenvalue weighted by Gasteiger charge is 2.33. The molecule has 0 spiro atoms. The van der Waals surface area contributed by atoms with Crippen LogP contribution in [-0.4, -0.2) is 43.5 Å². The Balaban J connectivity index is 1.42. The molecule has 1 N–H and O–H groups in total. The van der Waals surface area contributed by atoms with Crippen LogP contribution in [0.25, 0.3) is 0 Å². The molecule has 0 aliphatic carbocycles. The number of carbonyl (C=O) groups excluding carboxylic acids is 2. The normalized spacial score (nSPS) is 16.4. The molecule has 142 valence electrons. The van der Waals surface area contributed by atoms with E-state index in [1.807, 2.05) is 54.6 Å². The molecular weight excluding hydrogens is 340 g/mol. The molecular formula is C22H26N2O3. The highest BCUT2D eigenvalue weighted by molar-refractivity contribution is 5.89. The lowest BCUT2D eigenvalue weighted by atomic mass is 10.1. The molecule has 0 aromatic heterocycles. The monoisotopic (exact) mass is 366 g/mol. The van der Waals surface area contributed by atoms with E-state index in [1.54, 1.807) is 12.0 Å². The van der Waals surface area contributed by atoms with Crippen LogP contribution in [0.3, 0.4) is 0 Å². The van der Waals surface area contributed by atoms with Crippen molar-refractivity contribution in [3.8, 4) is 5.75 Å². The molecule has 5 heteroatoms. The molecule has 0 bridgehead atoms. The van der Waals surface area contributed by atoms with Gasteiger partial charge in [0.1, 0.15) is 5.75 Å². The first-order valence-electron chi connectivity index (χ1n) is 9.38. The highest BCUT2D eigenvalue weighted by Crippen LogP contribution is 2.19. The van der Waals surface area contributed by atoms with E-state index in [0.717, 1.165) is 24.2 Å². The zero-order chi connectivity index (χ0) is 19.1. The van der Waals surface area contributed by atoms with Crippen LogP contribution in [0.4, 0.5) is 0 Å². The van der Waals surface area contributed by atoms with Gasteiger partial charge in [0.25, 0.3) is 0 Å². The van der Waals surface area contributed by atoms with Crippen LogP contribution < -0.4 is 10.1 Å². The zero-order valence-corrected chi connectivity index (χ0v) is 15.7. The lowest BCUT2D eigenvalue weighted by molar-refractivity contribution is -0.129. The minimum absolute atomic E-state index is 0.0220. The van der Waals surface area contributed by atoms with Crippen LogP contribution >= 0.6 is 0 Å². The number of nitrogens with one attached hydrogen (secondary N) is 1. The van der Waals surface area contributed by atoms with Crippen molar-refractivity contribution in [2.75, 3.05) is 26.7 Å². The Hall–Kier alpha value is -2.82. The van der Waals surface area contributed by atoms with Crippen molar-refractivity contribution < 1.29 is 14.3 Å². The van der Waals surface area contributed by atoms with Gasteiger partial charge in [0.05, 0.1) is 13.0 Å². The first-order chi connectivity index (χ1) is 13.2. The minimum atomic E-state index is -0.246. The van der Waals surface area contributed by atoms with Gasteiger partial charge < -0.3 is 15.0 Å². The minimum Gasteiger partial charge on any atom is -0.497 e. The molecule has 1 saturated heterocycles. The van der Waals surface area contributed by atoms with Gasteiger partial charge in [0, 0.05) is 26.1 Å². The Morgan fingerprint density at radius 1 is 1.07 bits per heavy atom. The fourth-order valence-electron chi connectivity index (χ4n) is 3.34. The van der Waals surface area contributed by atoms with E-state index < -0.39 is 0 Å². The lowest BCUT2D eigenvalue weighted by Gasteiger charge is -2.16. The van der Waals surface area contributed by atoms with Gasteiger partial charge in [0.15, 0.2) is 0 Å². The van der Waals surface area contributed by atoms with Crippen molar-refractivity contribution in [2.24, 2.45) is 5.92 Å². The van der Waals surface area contributed by atoms with E-state index in [2.05, 4.69) is 5.32 Å². The van der Waals surface area contributed by atoms with Crippen molar-refractivity contribution in [1.82, 2.24) is 10.2 Å². The Morgan fingerprint density at radius 3 is 2.48 bits per heavy atom. The maximum absolute atomic E-state index is 12.4. The van der Waals surface area contributed by atoms with Gasteiger partial charge >= 0.3 is 0 Å². The molecule has 1 heterocycles. The molecule has 1 atom stereocenters. The number of amides is 2. The molecule has 3 rings (SSSR count).